The summed E-state index contributed by atoms with van der Waals surface area (Å²) < 4.78 is 33.5. The van der Waals surface area contributed by atoms with Crippen LogP contribution in [0.4, 0.5) is 5.69 Å². The fourth-order valence-electron chi connectivity index (χ4n) is 3.64. The largest absolute Gasteiger partial charge is 0.497 e. The number of carbonyl (C=O) groups excluding carboxylic acids is 1. The zero-order valence-corrected chi connectivity index (χ0v) is 20.4. The molecular formula is C26H30N2O4S. The van der Waals surface area contributed by atoms with Crippen LogP contribution in [0.2, 0.25) is 0 Å². The summed E-state index contributed by atoms with van der Waals surface area (Å²) in [6.45, 7) is 7.22. The van der Waals surface area contributed by atoms with Crippen LogP contribution in [-0.2, 0) is 14.8 Å². The highest BCUT2D eigenvalue weighted by Gasteiger charge is 2.28. The number of carbonyl (C=O) groups is 1. The van der Waals surface area contributed by atoms with Gasteiger partial charge in [0.25, 0.3) is 10.0 Å². The third kappa shape index (κ3) is 5.93. The molecule has 1 atom stereocenters. The lowest BCUT2D eigenvalue weighted by Crippen LogP contribution is -2.41. The van der Waals surface area contributed by atoms with Gasteiger partial charge in [-0.2, -0.15) is 0 Å². The average molecular weight is 467 g/mol. The van der Waals surface area contributed by atoms with Gasteiger partial charge >= 0.3 is 0 Å². The number of rotatable bonds is 8. The number of sulfonamides is 1. The maximum atomic E-state index is 13.6. The van der Waals surface area contributed by atoms with Crippen molar-refractivity contribution in [2.45, 2.75) is 38.6 Å². The minimum Gasteiger partial charge on any atom is -0.497 e. The van der Waals surface area contributed by atoms with Crippen molar-refractivity contribution in [1.29, 1.82) is 0 Å². The molecule has 0 aromatic heterocycles. The van der Waals surface area contributed by atoms with Gasteiger partial charge in [-0.1, -0.05) is 35.9 Å². The zero-order valence-electron chi connectivity index (χ0n) is 19.6. The van der Waals surface area contributed by atoms with E-state index in [0.29, 0.717) is 5.69 Å². The number of ether oxygens (including phenoxy) is 1. The number of methoxy groups -OCH3 is 1. The fraction of sp³-hybridized carbons (Fsp3) is 0.269. The maximum absolute atomic E-state index is 13.6. The number of amides is 1. The van der Waals surface area contributed by atoms with E-state index in [-0.39, 0.29) is 17.5 Å². The van der Waals surface area contributed by atoms with Gasteiger partial charge in [-0.05, 0) is 80.8 Å². The lowest BCUT2D eigenvalue weighted by Gasteiger charge is -2.26. The van der Waals surface area contributed by atoms with Crippen LogP contribution in [0, 0.1) is 20.8 Å². The van der Waals surface area contributed by atoms with Gasteiger partial charge in [0.15, 0.2) is 0 Å². The molecule has 0 aliphatic rings. The highest BCUT2D eigenvalue weighted by atomic mass is 32.2. The molecule has 6 nitrogen and oxygen atoms in total. The van der Waals surface area contributed by atoms with Gasteiger partial charge in [-0.3, -0.25) is 9.10 Å². The molecule has 0 radical (unpaired) electrons. The summed E-state index contributed by atoms with van der Waals surface area (Å²) in [5.41, 5.74) is 4.14. The predicted molar refractivity (Wildman–Crippen MR) is 131 cm³/mol. The maximum Gasteiger partial charge on any atom is 0.264 e. The third-order valence-corrected chi connectivity index (χ3v) is 7.17. The Balaban J connectivity index is 1.90. The smallest absolute Gasteiger partial charge is 0.264 e. The number of hydrogen-bond donors (Lipinski definition) is 1. The second kappa shape index (κ2) is 10.1. The van der Waals surface area contributed by atoms with Crippen molar-refractivity contribution in [3.63, 3.8) is 0 Å². The first-order valence-electron chi connectivity index (χ1n) is 10.7. The SMILES string of the molecule is COc1ccc([C@H](C)NC(=O)CN(c2cc(C)cc(C)c2)S(=O)(=O)c2ccc(C)cc2)cc1. The number of hydrogen-bond acceptors (Lipinski definition) is 4. The van der Waals surface area contributed by atoms with Gasteiger partial charge in [-0.15, -0.1) is 0 Å². The van der Waals surface area contributed by atoms with E-state index in [2.05, 4.69) is 5.32 Å². The molecule has 0 spiro atoms. The van der Waals surface area contributed by atoms with Crippen molar-refractivity contribution in [3.8, 4) is 5.75 Å². The van der Waals surface area contributed by atoms with Gasteiger partial charge in [0.05, 0.1) is 23.7 Å². The Morgan fingerprint density at radius 1 is 0.909 bits per heavy atom. The van der Waals surface area contributed by atoms with Crippen LogP contribution >= 0.6 is 0 Å². The Bertz CT molecular complexity index is 1200. The van der Waals surface area contributed by atoms with Crippen LogP contribution in [0.3, 0.4) is 0 Å². The Morgan fingerprint density at radius 2 is 1.48 bits per heavy atom. The average Bonchev–Trinajstić information content (AvgIpc) is 2.77. The number of aryl methyl sites for hydroxylation is 3. The molecule has 7 heteroatoms. The molecule has 0 aliphatic carbocycles. The molecule has 1 N–H and O–H groups in total. The van der Waals surface area contributed by atoms with Crippen LogP contribution in [-0.4, -0.2) is 28.0 Å². The van der Waals surface area contributed by atoms with Crippen LogP contribution in [0.5, 0.6) is 5.75 Å². The van der Waals surface area contributed by atoms with E-state index >= 15 is 0 Å². The van der Waals surface area contributed by atoms with E-state index in [0.717, 1.165) is 28.0 Å². The predicted octanol–water partition coefficient (Wildman–Crippen LogP) is 4.69. The van der Waals surface area contributed by atoms with Gasteiger partial charge in [0.1, 0.15) is 12.3 Å². The minimum atomic E-state index is -3.95. The Kier molecular flexibility index (Phi) is 7.43. The van der Waals surface area contributed by atoms with Crippen molar-refractivity contribution >= 4 is 21.6 Å². The Hall–Kier alpha value is -3.32. The second-order valence-corrected chi connectivity index (χ2v) is 10.1. The van der Waals surface area contributed by atoms with Crippen molar-refractivity contribution in [1.82, 2.24) is 5.32 Å². The summed E-state index contributed by atoms with van der Waals surface area (Å²) in [6.07, 6.45) is 0. The van der Waals surface area contributed by atoms with Gasteiger partial charge < -0.3 is 10.1 Å². The molecule has 3 aromatic carbocycles. The van der Waals surface area contributed by atoms with Crippen LogP contribution in [0.1, 0.15) is 35.2 Å². The fourth-order valence-corrected chi connectivity index (χ4v) is 5.05. The molecule has 174 valence electrons. The monoisotopic (exact) mass is 466 g/mol. The molecule has 1 amide bonds. The number of anilines is 1. The van der Waals surface area contributed by atoms with Crippen molar-refractivity contribution in [2.75, 3.05) is 18.0 Å². The molecule has 0 unspecified atom stereocenters. The van der Waals surface area contributed by atoms with Gasteiger partial charge in [-0.25, -0.2) is 8.42 Å². The molecule has 0 bridgehead atoms. The lowest BCUT2D eigenvalue weighted by atomic mass is 10.1. The highest BCUT2D eigenvalue weighted by Crippen LogP contribution is 2.26. The lowest BCUT2D eigenvalue weighted by molar-refractivity contribution is -0.120. The van der Waals surface area contributed by atoms with Crippen molar-refractivity contribution in [3.05, 3.63) is 89.0 Å². The molecule has 0 aliphatic heterocycles. The summed E-state index contributed by atoms with van der Waals surface area (Å²) in [5.74, 6) is 0.329. The molecular weight excluding hydrogens is 436 g/mol. The third-order valence-electron chi connectivity index (χ3n) is 5.38. The van der Waals surface area contributed by atoms with Crippen molar-refractivity contribution in [2.24, 2.45) is 0 Å². The summed E-state index contributed by atoms with van der Waals surface area (Å²) in [4.78, 5) is 13.1. The standard InChI is InChI=1S/C26H30N2O4S/c1-18-6-12-25(13-7-18)33(30,31)28(23-15-19(2)14-20(3)16-23)17-26(29)27-21(4)22-8-10-24(32-5)11-9-22/h6-16,21H,17H2,1-5H3,(H,27,29)/t21-/m0/s1. The van der Waals surface area contributed by atoms with E-state index in [1.165, 1.54) is 4.31 Å². The van der Waals surface area contributed by atoms with E-state index in [1.807, 2.05) is 58.0 Å². The molecule has 0 fully saturated rings. The van der Waals surface area contributed by atoms with E-state index in [1.54, 1.807) is 43.5 Å². The second-order valence-electron chi connectivity index (χ2n) is 8.23. The van der Waals surface area contributed by atoms with E-state index in [9.17, 15) is 13.2 Å². The summed E-state index contributed by atoms with van der Waals surface area (Å²) in [7, 11) is -2.36. The molecule has 33 heavy (non-hydrogen) atoms. The van der Waals surface area contributed by atoms with Crippen LogP contribution < -0.4 is 14.4 Å². The minimum absolute atomic E-state index is 0.142. The van der Waals surface area contributed by atoms with Crippen molar-refractivity contribution < 1.29 is 17.9 Å². The number of benzene rings is 3. The van der Waals surface area contributed by atoms with E-state index in [4.69, 9.17) is 4.74 Å². The number of nitrogens with zero attached hydrogens (tertiary/aromatic N) is 1. The molecule has 0 saturated carbocycles. The Labute approximate surface area is 196 Å². The first-order chi connectivity index (χ1) is 15.6. The van der Waals surface area contributed by atoms with Gasteiger partial charge in [0.2, 0.25) is 5.91 Å². The molecule has 3 aromatic rings. The molecule has 0 saturated heterocycles. The first kappa shape index (κ1) is 24.3. The number of nitrogens with one attached hydrogen (secondary N) is 1. The van der Waals surface area contributed by atoms with Crippen LogP contribution in [0.25, 0.3) is 0 Å². The van der Waals surface area contributed by atoms with Gasteiger partial charge in [0, 0.05) is 0 Å². The quantitative estimate of drug-likeness (QED) is 0.522. The molecule has 0 heterocycles. The zero-order chi connectivity index (χ0) is 24.2. The molecule has 3 rings (SSSR count). The Morgan fingerprint density at radius 3 is 2.03 bits per heavy atom. The first-order valence-corrected chi connectivity index (χ1v) is 12.1. The van der Waals surface area contributed by atoms with E-state index < -0.39 is 15.9 Å². The normalized spacial score (nSPS) is 12.2. The van der Waals surface area contributed by atoms with Crippen LogP contribution in [0.15, 0.2) is 71.6 Å². The summed E-state index contributed by atoms with van der Waals surface area (Å²) in [6, 6.07) is 19.2. The topological polar surface area (TPSA) is 75.7 Å². The summed E-state index contributed by atoms with van der Waals surface area (Å²) in [5, 5.41) is 2.91. The highest BCUT2D eigenvalue weighted by molar-refractivity contribution is 7.92. The summed E-state index contributed by atoms with van der Waals surface area (Å²) >= 11 is 0.